The van der Waals surface area contributed by atoms with Crippen LogP contribution in [-0.2, 0) is 14.0 Å². The fourth-order valence-corrected chi connectivity index (χ4v) is 2.30. The second-order valence-corrected chi connectivity index (χ2v) is 6.86. The van der Waals surface area contributed by atoms with E-state index >= 15 is 0 Å². The van der Waals surface area contributed by atoms with Crippen molar-refractivity contribution in [3.8, 4) is 5.75 Å². The summed E-state index contributed by atoms with van der Waals surface area (Å²) in [7, 11) is -1.56. The molecular formula is C8H9BrO3S. The lowest BCUT2D eigenvalue weighted by Gasteiger charge is -2.00. The van der Waals surface area contributed by atoms with E-state index in [0.717, 1.165) is 11.3 Å². The number of methoxy groups -OCH3 is 1. The van der Waals surface area contributed by atoms with Crippen LogP contribution in [0.15, 0.2) is 24.3 Å². The molecule has 5 heteroatoms. The summed E-state index contributed by atoms with van der Waals surface area (Å²) < 4.78 is 26.6. The van der Waals surface area contributed by atoms with Crippen LogP contribution in [0.3, 0.4) is 0 Å². The zero-order chi connectivity index (χ0) is 9.90. The summed E-state index contributed by atoms with van der Waals surface area (Å²) in [6.07, 6.45) is 0. The molecule has 0 aliphatic heterocycles. The average Bonchev–Trinajstić information content (AvgIpc) is 2.03. The van der Waals surface area contributed by atoms with Crippen molar-refractivity contribution in [1.82, 2.24) is 0 Å². The lowest BCUT2D eigenvalue weighted by atomic mass is 10.2. The Morgan fingerprint density at radius 2 is 1.85 bits per heavy atom. The summed E-state index contributed by atoms with van der Waals surface area (Å²) in [6.45, 7) is 0. The quantitative estimate of drug-likeness (QED) is 0.784. The summed E-state index contributed by atoms with van der Waals surface area (Å²) in [5, 5.41) is 0. The van der Waals surface area contributed by atoms with Gasteiger partial charge in [-0.2, -0.15) is 0 Å². The molecule has 1 rings (SSSR count). The second-order valence-electron chi connectivity index (χ2n) is 2.53. The molecule has 0 radical (unpaired) electrons. The van der Waals surface area contributed by atoms with Gasteiger partial charge in [-0.15, -0.1) is 0 Å². The van der Waals surface area contributed by atoms with Crippen molar-refractivity contribution >= 4 is 23.1 Å². The Labute approximate surface area is 84.8 Å². The molecule has 1 aromatic carbocycles. The molecule has 13 heavy (non-hydrogen) atoms. The SMILES string of the molecule is COc1ccc(CS(=O)(=O)Br)cc1. The smallest absolute Gasteiger partial charge is 0.213 e. The first-order valence-electron chi connectivity index (χ1n) is 3.56. The van der Waals surface area contributed by atoms with Gasteiger partial charge in [-0.05, 0) is 17.7 Å². The van der Waals surface area contributed by atoms with Crippen molar-refractivity contribution < 1.29 is 13.2 Å². The van der Waals surface area contributed by atoms with Gasteiger partial charge in [0.05, 0.1) is 27.7 Å². The fraction of sp³-hybridized carbons (Fsp3) is 0.250. The highest BCUT2D eigenvalue weighted by Crippen LogP contribution is 2.15. The minimum absolute atomic E-state index is 0.00298. The average molecular weight is 265 g/mol. The topological polar surface area (TPSA) is 43.4 Å². The number of hydrogen-bond donors (Lipinski definition) is 0. The molecule has 0 saturated heterocycles. The molecule has 3 nitrogen and oxygen atoms in total. The van der Waals surface area contributed by atoms with Gasteiger partial charge in [-0.25, -0.2) is 8.42 Å². The van der Waals surface area contributed by atoms with Crippen LogP contribution in [0.2, 0.25) is 0 Å². The highest BCUT2D eigenvalue weighted by atomic mass is 79.9. The van der Waals surface area contributed by atoms with E-state index in [9.17, 15) is 8.42 Å². The number of rotatable bonds is 3. The van der Waals surface area contributed by atoms with Gasteiger partial charge in [0, 0.05) is 0 Å². The van der Waals surface area contributed by atoms with Gasteiger partial charge in [-0.3, -0.25) is 0 Å². The standard InChI is InChI=1S/C8H9BrO3S/c1-12-8-4-2-7(3-5-8)6-13(9,10)11/h2-5H,6H2,1H3. The lowest BCUT2D eigenvalue weighted by molar-refractivity contribution is 0.414. The van der Waals surface area contributed by atoms with Crippen LogP contribution in [0.25, 0.3) is 0 Å². The van der Waals surface area contributed by atoms with Crippen molar-refractivity contribution in [2.24, 2.45) is 0 Å². The highest BCUT2D eigenvalue weighted by molar-refractivity contribution is 9.47. The lowest BCUT2D eigenvalue weighted by Crippen LogP contribution is -1.94. The maximum absolute atomic E-state index is 10.8. The molecule has 0 heterocycles. The predicted molar refractivity (Wildman–Crippen MR) is 54.5 cm³/mol. The van der Waals surface area contributed by atoms with E-state index in [-0.39, 0.29) is 5.75 Å². The summed E-state index contributed by atoms with van der Waals surface area (Å²) in [5.41, 5.74) is 0.734. The van der Waals surface area contributed by atoms with E-state index in [1.54, 1.807) is 31.4 Å². The molecule has 0 spiro atoms. The maximum Gasteiger partial charge on any atom is 0.213 e. The molecule has 72 valence electrons. The fourth-order valence-electron chi connectivity index (χ4n) is 0.921. The van der Waals surface area contributed by atoms with E-state index in [1.165, 1.54) is 0 Å². The van der Waals surface area contributed by atoms with Gasteiger partial charge in [0.2, 0.25) is 8.27 Å². The van der Waals surface area contributed by atoms with Gasteiger partial charge >= 0.3 is 0 Å². The largest absolute Gasteiger partial charge is 0.497 e. The number of ether oxygens (including phenoxy) is 1. The Kier molecular flexibility index (Phi) is 3.33. The normalized spacial score (nSPS) is 11.2. The molecule has 0 saturated carbocycles. The van der Waals surface area contributed by atoms with Crippen molar-refractivity contribution in [2.75, 3.05) is 7.11 Å². The van der Waals surface area contributed by atoms with Gasteiger partial charge in [0.25, 0.3) is 0 Å². The van der Waals surface area contributed by atoms with Crippen LogP contribution in [-0.4, -0.2) is 15.5 Å². The van der Waals surface area contributed by atoms with Gasteiger partial charge < -0.3 is 4.74 Å². The molecule has 0 aliphatic carbocycles. The van der Waals surface area contributed by atoms with Crippen molar-refractivity contribution in [2.45, 2.75) is 5.75 Å². The van der Waals surface area contributed by atoms with E-state index < -0.39 is 8.27 Å². The molecule has 0 amide bonds. The first-order valence-corrected chi connectivity index (χ1v) is 7.06. The number of halogens is 1. The van der Waals surface area contributed by atoms with Crippen LogP contribution in [0.1, 0.15) is 5.56 Å². The van der Waals surface area contributed by atoms with Gasteiger partial charge in [0.15, 0.2) is 0 Å². The summed E-state index contributed by atoms with van der Waals surface area (Å²) in [4.78, 5) is 0. The number of benzene rings is 1. The van der Waals surface area contributed by atoms with Crippen LogP contribution in [0, 0.1) is 0 Å². The third-order valence-corrected chi connectivity index (χ3v) is 2.86. The monoisotopic (exact) mass is 264 g/mol. The van der Waals surface area contributed by atoms with Crippen LogP contribution >= 0.6 is 14.8 Å². The van der Waals surface area contributed by atoms with Gasteiger partial charge in [-0.1, -0.05) is 12.1 Å². The first-order chi connectivity index (χ1) is 6.01. The molecule has 0 fully saturated rings. The Hall–Kier alpha value is -0.550. The van der Waals surface area contributed by atoms with E-state index in [2.05, 4.69) is 14.8 Å². The van der Waals surface area contributed by atoms with E-state index in [4.69, 9.17) is 4.74 Å². The zero-order valence-corrected chi connectivity index (χ0v) is 9.43. The maximum atomic E-state index is 10.8. The van der Waals surface area contributed by atoms with E-state index in [1.807, 2.05) is 0 Å². The molecule has 0 atom stereocenters. The van der Waals surface area contributed by atoms with Crippen LogP contribution in [0.4, 0.5) is 0 Å². The summed E-state index contributed by atoms with van der Waals surface area (Å²) in [6, 6.07) is 6.90. The second kappa shape index (κ2) is 4.11. The first kappa shape index (κ1) is 10.5. The molecule has 0 N–H and O–H groups in total. The minimum Gasteiger partial charge on any atom is -0.497 e. The number of hydrogen-bond acceptors (Lipinski definition) is 3. The summed E-state index contributed by atoms with van der Waals surface area (Å²) in [5.74, 6) is 0.715. The Balaban J connectivity index is 2.81. The van der Waals surface area contributed by atoms with Crippen LogP contribution in [0.5, 0.6) is 5.75 Å². The van der Waals surface area contributed by atoms with Crippen molar-refractivity contribution in [3.05, 3.63) is 29.8 Å². The Morgan fingerprint density at radius 3 is 2.23 bits per heavy atom. The molecule has 0 aliphatic rings. The molecule has 0 bridgehead atoms. The van der Waals surface area contributed by atoms with Crippen LogP contribution < -0.4 is 4.74 Å². The van der Waals surface area contributed by atoms with Crippen molar-refractivity contribution in [1.29, 1.82) is 0 Å². The molecule has 0 aromatic heterocycles. The molecular weight excluding hydrogens is 256 g/mol. The third kappa shape index (κ3) is 3.78. The predicted octanol–water partition coefficient (Wildman–Crippen LogP) is 1.92. The molecule has 0 unspecified atom stereocenters. The zero-order valence-electron chi connectivity index (χ0n) is 7.03. The Morgan fingerprint density at radius 1 is 1.31 bits per heavy atom. The highest BCUT2D eigenvalue weighted by Gasteiger charge is 2.05. The molecule has 1 aromatic rings. The minimum atomic E-state index is -3.13. The van der Waals surface area contributed by atoms with E-state index in [0.29, 0.717) is 0 Å². The Bertz CT molecular complexity index is 369. The third-order valence-electron chi connectivity index (χ3n) is 1.50. The summed E-state index contributed by atoms with van der Waals surface area (Å²) >= 11 is 2.59. The van der Waals surface area contributed by atoms with Gasteiger partial charge in [0.1, 0.15) is 5.75 Å². The van der Waals surface area contributed by atoms with Crippen molar-refractivity contribution in [3.63, 3.8) is 0 Å².